The fourth-order valence-corrected chi connectivity index (χ4v) is 3.23. The van der Waals surface area contributed by atoms with E-state index in [1.54, 1.807) is 0 Å². The summed E-state index contributed by atoms with van der Waals surface area (Å²) in [6.45, 7) is 0. The van der Waals surface area contributed by atoms with E-state index in [0.717, 1.165) is 17.0 Å². The molecule has 4 heteroatoms. The minimum Gasteiger partial charge on any atom is -0.281 e. The predicted octanol–water partition coefficient (Wildman–Crippen LogP) is 3.23. The van der Waals surface area contributed by atoms with Gasteiger partial charge in [-0.2, -0.15) is 10.4 Å². The van der Waals surface area contributed by atoms with Crippen LogP contribution in [0.1, 0.15) is 28.2 Å². The first kappa shape index (κ1) is 13.5. The number of nitriles is 1. The van der Waals surface area contributed by atoms with Crippen LogP contribution in [0.25, 0.3) is 6.08 Å². The molecule has 1 atom stereocenters. The summed E-state index contributed by atoms with van der Waals surface area (Å²) in [6.07, 6.45) is 6.65. The number of nitrogens with zero attached hydrogens (tertiary/aromatic N) is 3. The highest BCUT2D eigenvalue weighted by Crippen LogP contribution is 2.40. The molecule has 2 aromatic heterocycles. The number of H-pyrrole nitrogens is 1. The lowest BCUT2D eigenvalue weighted by Crippen LogP contribution is -2.31. The second-order valence-electron chi connectivity index (χ2n) is 5.64. The zero-order valence-corrected chi connectivity index (χ0v) is 12.4. The summed E-state index contributed by atoms with van der Waals surface area (Å²) in [7, 11) is 0. The molecule has 1 aliphatic rings. The Bertz CT molecular complexity index is 862. The van der Waals surface area contributed by atoms with E-state index in [4.69, 9.17) is 5.26 Å². The molecule has 0 fully saturated rings. The summed E-state index contributed by atoms with van der Waals surface area (Å²) in [5.74, 6) is 0. The Balaban J connectivity index is 1.92. The number of pyridine rings is 1. The number of benzene rings is 1. The molecule has 0 amide bonds. The molecule has 4 rings (SSSR count). The lowest BCUT2D eigenvalue weighted by Gasteiger charge is -2.33. The molecule has 4 nitrogen and oxygen atoms in total. The van der Waals surface area contributed by atoms with Crippen LogP contribution in [0.2, 0.25) is 0 Å². The zero-order valence-electron chi connectivity index (χ0n) is 12.4. The molecule has 0 saturated heterocycles. The average molecular weight is 298 g/mol. The first-order valence-corrected chi connectivity index (χ1v) is 7.47. The van der Waals surface area contributed by atoms with E-state index in [2.05, 4.69) is 39.5 Å². The van der Waals surface area contributed by atoms with Crippen LogP contribution in [-0.4, -0.2) is 15.2 Å². The second kappa shape index (κ2) is 5.22. The Morgan fingerprint density at radius 2 is 1.91 bits per heavy atom. The highest BCUT2D eigenvalue weighted by atomic mass is 15.1. The first-order chi connectivity index (χ1) is 11.3. The number of allylic oxidation sites excluding steroid dienone is 1. The Morgan fingerprint density at radius 3 is 2.65 bits per heavy atom. The number of nitrogens with one attached hydrogen (secondary N) is 1. The Morgan fingerprint density at radius 1 is 1.09 bits per heavy atom. The van der Waals surface area contributed by atoms with Crippen molar-refractivity contribution in [2.45, 2.75) is 11.8 Å². The number of aromatic amines is 1. The molecular formula is C19H14N4. The number of aromatic nitrogens is 3. The van der Waals surface area contributed by atoms with Gasteiger partial charge in [-0.25, -0.2) is 0 Å². The third kappa shape index (κ3) is 2.06. The quantitative estimate of drug-likeness (QED) is 0.790. The van der Waals surface area contributed by atoms with E-state index < -0.39 is 0 Å². The van der Waals surface area contributed by atoms with Crippen LogP contribution in [0.3, 0.4) is 0 Å². The maximum atomic E-state index is 9.17. The van der Waals surface area contributed by atoms with Gasteiger partial charge in [0.15, 0.2) is 5.69 Å². The molecule has 0 bridgehead atoms. The number of hydrogen-bond donors (Lipinski definition) is 1. The first-order valence-electron chi connectivity index (χ1n) is 7.47. The maximum absolute atomic E-state index is 9.17. The van der Waals surface area contributed by atoms with Crippen molar-refractivity contribution < 1.29 is 0 Å². The van der Waals surface area contributed by atoms with Gasteiger partial charge in [-0.05, 0) is 17.7 Å². The largest absolute Gasteiger partial charge is 0.281 e. The van der Waals surface area contributed by atoms with Crippen LogP contribution >= 0.6 is 0 Å². The van der Waals surface area contributed by atoms with E-state index in [1.807, 2.05) is 48.7 Å². The Labute approximate surface area is 134 Å². The van der Waals surface area contributed by atoms with Gasteiger partial charge in [-0.1, -0.05) is 48.6 Å². The van der Waals surface area contributed by atoms with Crippen molar-refractivity contribution >= 4 is 6.08 Å². The van der Waals surface area contributed by atoms with Gasteiger partial charge in [-0.3, -0.25) is 10.1 Å². The molecule has 0 aliphatic heterocycles. The van der Waals surface area contributed by atoms with Gasteiger partial charge < -0.3 is 0 Å². The van der Waals surface area contributed by atoms with Crippen LogP contribution in [0.4, 0.5) is 0 Å². The van der Waals surface area contributed by atoms with E-state index in [9.17, 15) is 0 Å². The molecule has 1 N–H and O–H groups in total. The van der Waals surface area contributed by atoms with Crippen LogP contribution in [-0.2, 0) is 11.8 Å². The third-order valence-electron chi connectivity index (χ3n) is 4.39. The minimum atomic E-state index is -0.352. The SMILES string of the molecule is N#Cc1n[nH]c2c1C=CC(c1ccccc1)(c1ccccn1)C2. The summed E-state index contributed by atoms with van der Waals surface area (Å²) in [6, 6.07) is 18.4. The summed E-state index contributed by atoms with van der Waals surface area (Å²) in [5.41, 5.74) is 4.11. The molecule has 1 aliphatic carbocycles. The molecule has 23 heavy (non-hydrogen) atoms. The molecule has 110 valence electrons. The summed E-state index contributed by atoms with van der Waals surface area (Å²) in [4.78, 5) is 4.60. The Kier molecular flexibility index (Phi) is 3.06. The van der Waals surface area contributed by atoms with E-state index in [0.29, 0.717) is 12.1 Å². The smallest absolute Gasteiger partial charge is 0.169 e. The topological polar surface area (TPSA) is 65.4 Å². The standard InChI is InChI=1S/C19H14N4/c20-13-17-15-9-10-19(12-16(15)22-23-17,14-6-2-1-3-7-14)18-8-4-5-11-21-18/h1-11H,12H2,(H,22,23). The molecule has 2 heterocycles. The summed E-state index contributed by atoms with van der Waals surface area (Å²) < 4.78 is 0. The van der Waals surface area contributed by atoms with E-state index in [1.165, 1.54) is 5.56 Å². The fourth-order valence-electron chi connectivity index (χ4n) is 3.23. The van der Waals surface area contributed by atoms with Gasteiger partial charge in [-0.15, -0.1) is 0 Å². The average Bonchev–Trinajstić information content (AvgIpc) is 3.05. The lowest BCUT2D eigenvalue weighted by molar-refractivity contribution is 0.601. The molecule has 0 saturated carbocycles. The van der Waals surface area contributed by atoms with Crippen LogP contribution in [0.15, 0.2) is 60.8 Å². The normalized spacial score (nSPS) is 19.1. The molecule has 1 aromatic carbocycles. The summed E-state index contributed by atoms with van der Waals surface area (Å²) >= 11 is 0. The van der Waals surface area contributed by atoms with Crippen molar-refractivity contribution in [1.82, 2.24) is 15.2 Å². The van der Waals surface area contributed by atoms with Gasteiger partial charge in [0.1, 0.15) is 6.07 Å². The van der Waals surface area contributed by atoms with Gasteiger partial charge in [0.2, 0.25) is 0 Å². The molecule has 1 unspecified atom stereocenters. The van der Waals surface area contributed by atoms with Gasteiger partial charge in [0.05, 0.1) is 11.1 Å². The van der Waals surface area contributed by atoms with E-state index >= 15 is 0 Å². The fraction of sp³-hybridized carbons (Fsp3) is 0.105. The number of fused-ring (bicyclic) bond motifs is 1. The van der Waals surface area contributed by atoms with Crippen molar-refractivity contribution in [3.63, 3.8) is 0 Å². The number of rotatable bonds is 2. The number of hydrogen-bond acceptors (Lipinski definition) is 3. The van der Waals surface area contributed by atoms with Crippen molar-refractivity contribution in [1.29, 1.82) is 5.26 Å². The van der Waals surface area contributed by atoms with Crippen molar-refractivity contribution in [3.05, 3.63) is 89.0 Å². The highest BCUT2D eigenvalue weighted by molar-refractivity contribution is 5.65. The van der Waals surface area contributed by atoms with Crippen molar-refractivity contribution in [2.75, 3.05) is 0 Å². The van der Waals surface area contributed by atoms with Gasteiger partial charge >= 0.3 is 0 Å². The Hall–Kier alpha value is -3.19. The molecule has 0 spiro atoms. The van der Waals surface area contributed by atoms with Crippen LogP contribution < -0.4 is 0 Å². The maximum Gasteiger partial charge on any atom is 0.169 e. The summed E-state index contributed by atoms with van der Waals surface area (Å²) in [5, 5.41) is 16.3. The third-order valence-corrected chi connectivity index (χ3v) is 4.39. The molecule has 3 aromatic rings. The second-order valence-corrected chi connectivity index (χ2v) is 5.64. The zero-order chi connectivity index (χ0) is 15.7. The monoisotopic (exact) mass is 298 g/mol. The minimum absolute atomic E-state index is 0.352. The van der Waals surface area contributed by atoms with Gasteiger partial charge in [0, 0.05) is 23.9 Å². The van der Waals surface area contributed by atoms with Crippen LogP contribution in [0.5, 0.6) is 0 Å². The lowest BCUT2D eigenvalue weighted by atomic mass is 9.70. The van der Waals surface area contributed by atoms with Crippen molar-refractivity contribution in [3.8, 4) is 6.07 Å². The van der Waals surface area contributed by atoms with E-state index in [-0.39, 0.29) is 5.41 Å². The van der Waals surface area contributed by atoms with Gasteiger partial charge in [0.25, 0.3) is 0 Å². The predicted molar refractivity (Wildman–Crippen MR) is 87.5 cm³/mol. The molecule has 0 radical (unpaired) electrons. The van der Waals surface area contributed by atoms with Crippen LogP contribution in [0, 0.1) is 11.3 Å². The van der Waals surface area contributed by atoms with Crippen molar-refractivity contribution in [2.24, 2.45) is 0 Å². The molecular weight excluding hydrogens is 284 g/mol. The highest BCUT2D eigenvalue weighted by Gasteiger charge is 2.37.